The topological polar surface area (TPSA) is 20.2 Å². The van der Waals surface area contributed by atoms with Crippen LogP contribution in [0.5, 0.6) is 0 Å². The molecule has 0 aliphatic carbocycles. The van der Waals surface area contributed by atoms with Gasteiger partial charge in [0, 0.05) is 5.02 Å². The largest absolute Gasteiger partial charge is 0.403 e. The molecule has 0 fully saturated rings. The standard InChI is InChI=1S/C11H9ClF6O/c12-7-3-1-6(2-4-7)5-8(19)9(10(13,14)15)11(16,17)18/h1-4,8-9,19H,5H2. The third kappa shape index (κ3) is 4.58. The van der Waals surface area contributed by atoms with Gasteiger partial charge >= 0.3 is 12.4 Å². The van der Waals surface area contributed by atoms with Crippen LogP contribution in [0.25, 0.3) is 0 Å². The van der Waals surface area contributed by atoms with Crippen LogP contribution in [0.4, 0.5) is 26.3 Å². The van der Waals surface area contributed by atoms with Gasteiger partial charge in [0.05, 0.1) is 6.10 Å². The van der Waals surface area contributed by atoms with E-state index in [1.54, 1.807) is 0 Å². The van der Waals surface area contributed by atoms with Crippen molar-refractivity contribution in [3.8, 4) is 0 Å². The van der Waals surface area contributed by atoms with Crippen molar-refractivity contribution in [1.29, 1.82) is 0 Å². The number of hydrogen-bond donors (Lipinski definition) is 1. The molecule has 1 aromatic carbocycles. The summed E-state index contributed by atoms with van der Waals surface area (Å²) in [5, 5.41) is 9.52. The van der Waals surface area contributed by atoms with E-state index in [4.69, 9.17) is 11.6 Å². The third-order valence-corrected chi connectivity index (χ3v) is 2.70. The molecule has 0 saturated carbocycles. The summed E-state index contributed by atoms with van der Waals surface area (Å²) in [7, 11) is 0. The molecule has 0 aliphatic heterocycles. The van der Waals surface area contributed by atoms with Crippen molar-refractivity contribution in [2.75, 3.05) is 0 Å². The molecule has 108 valence electrons. The fourth-order valence-corrected chi connectivity index (χ4v) is 1.73. The van der Waals surface area contributed by atoms with Gasteiger partial charge < -0.3 is 5.11 Å². The predicted octanol–water partition coefficient (Wildman–Crippen LogP) is 3.98. The number of rotatable bonds is 3. The maximum atomic E-state index is 12.3. The summed E-state index contributed by atoms with van der Waals surface area (Å²) in [6, 6.07) is 5.16. The monoisotopic (exact) mass is 306 g/mol. The van der Waals surface area contributed by atoms with Crippen LogP contribution in [0, 0.1) is 5.92 Å². The van der Waals surface area contributed by atoms with Gasteiger partial charge in [-0.2, -0.15) is 26.3 Å². The van der Waals surface area contributed by atoms with Crippen molar-refractivity contribution in [2.45, 2.75) is 24.9 Å². The summed E-state index contributed by atoms with van der Waals surface area (Å²) >= 11 is 5.53. The lowest BCUT2D eigenvalue weighted by Crippen LogP contribution is -2.45. The van der Waals surface area contributed by atoms with Gasteiger partial charge in [0.1, 0.15) is 0 Å². The summed E-state index contributed by atoms with van der Waals surface area (Å²) in [5.74, 6) is -3.77. The van der Waals surface area contributed by atoms with E-state index in [1.807, 2.05) is 0 Å². The zero-order valence-electron chi connectivity index (χ0n) is 9.26. The molecule has 1 nitrogen and oxygen atoms in total. The Morgan fingerprint density at radius 3 is 1.74 bits per heavy atom. The molecule has 1 N–H and O–H groups in total. The van der Waals surface area contributed by atoms with Crippen molar-refractivity contribution in [3.05, 3.63) is 34.9 Å². The third-order valence-electron chi connectivity index (χ3n) is 2.45. The van der Waals surface area contributed by atoms with Crippen LogP contribution >= 0.6 is 11.6 Å². The maximum Gasteiger partial charge on any atom is 0.403 e. The molecule has 0 spiro atoms. The molecular formula is C11H9ClF6O. The van der Waals surface area contributed by atoms with Crippen LogP contribution in [0.3, 0.4) is 0 Å². The molecule has 1 aromatic rings. The normalized spacial score (nSPS) is 14.8. The van der Waals surface area contributed by atoms with Crippen molar-refractivity contribution in [1.82, 2.24) is 0 Å². The first-order valence-corrected chi connectivity index (χ1v) is 5.45. The van der Waals surface area contributed by atoms with Crippen LogP contribution < -0.4 is 0 Å². The minimum Gasteiger partial charge on any atom is -0.392 e. The van der Waals surface area contributed by atoms with E-state index in [0.717, 1.165) is 0 Å². The van der Waals surface area contributed by atoms with E-state index >= 15 is 0 Å². The van der Waals surface area contributed by atoms with E-state index in [0.29, 0.717) is 5.02 Å². The molecule has 1 unspecified atom stereocenters. The molecule has 0 aliphatic rings. The Labute approximate surface area is 109 Å². The molecular weight excluding hydrogens is 298 g/mol. The minimum atomic E-state index is -5.55. The number of benzene rings is 1. The fraction of sp³-hybridized carbons (Fsp3) is 0.455. The molecule has 0 amide bonds. The second-order valence-corrected chi connectivity index (χ2v) is 4.40. The van der Waals surface area contributed by atoms with E-state index < -0.39 is 30.8 Å². The van der Waals surface area contributed by atoms with Crippen LogP contribution in [0.15, 0.2) is 24.3 Å². The highest BCUT2D eigenvalue weighted by Crippen LogP contribution is 2.42. The zero-order valence-corrected chi connectivity index (χ0v) is 10.0. The first-order chi connectivity index (χ1) is 8.51. The molecule has 19 heavy (non-hydrogen) atoms. The van der Waals surface area contributed by atoms with Crippen LogP contribution in [-0.4, -0.2) is 23.6 Å². The number of halogens is 7. The SMILES string of the molecule is OC(Cc1ccc(Cl)cc1)C(C(F)(F)F)C(F)(F)F. The summed E-state index contributed by atoms with van der Waals surface area (Å²) in [6.45, 7) is 0. The van der Waals surface area contributed by atoms with Crippen LogP contribution in [0.2, 0.25) is 5.02 Å². The summed E-state index contributed by atoms with van der Waals surface area (Å²) in [6.07, 6.45) is -14.5. The average molecular weight is 307 g/mol. The molecule has 0 bridgehead atoms. The van der Waals surface area contributed by atoms with E-state index in [1.165, 1.54) is 24.3 Å². The molecule has 0 aromatic heterocycles. The van der Waals surface area contributed by atoms with E-state index in [2.05, 4.69) is 0 Å². The summed E-state index contributed by atoms with van der Waals surface area (Å²) in [5.41, 5.74) is 0.135. The highest BCUT2D eigenvalue weighted by Gasteiger charge is 2.59. The molecule has 0 saturated heterocycles. The van der Waals surface area contributed by atoms with Gasteiger partial charge in [-0.05, 0) is 24.1 Å². The lowest BCUT2D eigenvalue weighted by Gasteiger charge is -2.27. The predicted molar refractivity (Wildman–Crippen MR) is 56.8 cm³/mol. The van der Waals surface area contributed by atoms with Gasteiger partial charge in [0.2, 0.25) is 0 Å². The Balaban J connectivity index is 2.89. The number of aliphatic hydroxyl groups is 1. The lowest BCUT2D eigenvalue weighted by molar-refractivity contribution is -0.305. The molecule has 1 atom stereocenters. The number of aliphatic hydroxyl groups excluding tert-OH is 1. The Bertz CT molecular complexity index is 397. The van der Waals surface area contributed by atoms with Gasteiger partial charge in [-0.15, -0.1) is 0 Å². The first kappa shape index (κ1) is 16.1. The van der Waals surface area contributed by atoms with E-state index in [-0.39, 0.29) is 5.56 Å². The quantitative estimate of drug-likeness (QED) is 0.837. The van der Waals surface area contributed by atoms with Crippen molar-refractivity contribution in [3.63, 3.8) is 0 Å². The second kappa shape index (κ2) is 5.58. The number of alkyl halides is 6. The average Bonchev–Trinajstić information content (AvgIpc) is 2.16. The van der Waals surface area contributed by atoms with E-state index in [9.17, 15) is 31.4 Å². The zero-order chi connectivity index (χ0) is 14.8. The first-order valence-electron chi connectivity index (χ1n) is 5.07. The molecule has 8 heteroatoms. The Kier molecular flexibility index (Phi) is 4.73. The summed E-state index contributed by atoms with van der Waals surface area (Å²) in [4.78, 5) is 0. The van der Waals surface area contributed by atoms with Crippen molar-refractivity contribution < 1.29 is 31.4 Å². The number of hydrogen-bond acceptors (Lipinski definition) is 1. The Morgan fingerprint density at radius 2 is 1.37 bits per heavy atom. The van der Waals surface area contributed by atoms with Gasteiger partial charge in [-0.25, -0.2) is 0 Å². The smallest absolute Gasteiger partial charge is 0.392 e. The van der Waals surface area contributed by atoms with Crippen LogP contribution in [-0.2, 0) is 6.42 Å². The van der Waals surface area contributed by atoms with Gasteiger partial charge in [-0.1, -0.05) is 23.7 Å². The molecule has 0 radical (unpaired) electrons. The van der Waals surface area contributed by atoms with Crippen LogP contribution in [0.1, 0.15) is 5.56 Å². The summed E-state index contributed by atoms with van der Waals surface area (Å²) < 4.78 is 74.0. The fourth-order valence-electron chi connectivity index (χ4n) is 1.60. The van der Waals surface area contributed by atoms with Crippen molar-refractivity contribution in [2.24, 2.45) is 5.92 Å². The molecule has 0 heterocycles. The van der Waals surface area contributed by atoms with Gasteiger partial charge in [0.15, 0.2) is 5.92 Å². The van der Waals surface area contributed by atoms with Gasteiger partial charge in [0.25, 0.3) is 0 Å². The maximum absolute atomic E-state index is 12.3. The Hall–Kier alpha value is -0.950. The van der Waals surface area contributed by atoms with Crippen molar-refractivity contribution >= 4 is 11.6 Å². The lowest BCUT2D eigenvalue weighted by atomic mass is 9.95. The molecule has 1 rings (SSSR count). The second-order valence-electron chi connectivity index (χ2n) is 3.96. The Morgan fingerprint density at radius 1 is 0.947 bits per heavy atom. The highest BCUT2D eigenvalue weighted by atomic mass is 35.5. The minimum absolute atomic E-state index is 0.135. The van der Waals surface area contributed by atoms with Gasteiger partial charge in [-0.3, -0.25) is 0 Å². The highest BCUT2D eigenvalue weighted by molar-refractivity contribution is 6.30.